The normalized spacial score (nSPS) is 11.6. The van der Waals surface area contributed by atoms with Gasteiger partial charge in [-0.15, -0.1) is 11.3 Å². The molecule has 6 nitrogen and oxygen atoms in total. The van der Waals surface area contributed by atoms with Crippen molar-refractivity contribution in [3.05, 3.63) is 63.4 Å². The molecule has 0 aliphatic heterocycles. The van der Waals surface area contributed by atoms with Crippen molar-refractivity contribution in [1.29, 1.82) is 0 Å². The zero-order valence-electron chi connectivity index (χ0n) is 15.5. The highest BCUT2D eigenvalue weighted by atomic mass is 32.1. The van der Waals surface area contributed by atoms with Crippen molar-refractivity contribution >= 4 is 33.8 Å². The molecular formula is C19H20N6S2. The highest BCUT2D eigenvalue weighted by Gasteiger charge is 2.12. The van der Waals surface area contributed by atoms with Crippen molar-refractivity contribution in [3.63, 3.8) is 0 Å². The fourth-order valence-corrected chi connectivity index (χ4v) is 4.33. The van der Waals surface area contributed by atoms with Gasteiger partial charge in [0.2, 0.25) is 4.77 Å². The molecule has 0 fully saturated rings. The molecule has 2 aromatic carbocycles. The molecule has 0 aliphatic rings. The summed E-state index contributed by atoms with van der Waals surface area (Å²) in [6, 6.07) is 14.4. The first-order valence-corrected chi connectivity index (χ1v) is 9.87. The molecule has 8 heteroatoms. The number of aromatic nitrogens is 5. The Labute approximate surface area is 166 Å². The van der Waals surface area contributed by atoms with E-state index in [9.17, 15) is 0 Å². The molecule has 2 heterocycles. The van der Waals surface area contributed by atoms with Crippen LogP contribution < -0.4 is 0 Å². The highest BCUT2D eigenvalue weighted by molar-refractivity contribution is 7.71. The van der Waals surface area contributed by atoms with Crippen molar-refractivity contribution in [3.8, 4) is 5.69 Å². The predicted octanol–water partition coefficient (Wildman–Crippen LogP) is 4.11. The van der Waals surface area contributed by atoms with Gasteiger partial charge in [-0.1, -0.05) is 29.8 Å². The topological polar surface area (TPSA) is 51.8 Å². The lowest BCUT2D eigenvalue weighted by atomic mass is 10.1. The van der Waals surface area contributed by atoms with Gasteiger partial charge in [-0.05, 0) is 67.3 Å². The molecule has 0 N–H and O–H groups in total. The quantitative estimate of drug-likeness (QED) is 0.475. The zero-order valence-corrected chi connectivity index (χ0v) is 17.1. The first-order valence-electron chi connectivity index (χ1n) is 8.65. The third-order valence-electron chi connectivity index (χ3n) is 4.34. The van der Waals surface area contributed by atoms with Crippen LogP contribution in [0.2, 0.25) is 0 Å². The molecule has 138 valence electrons. The second kappa shape index (κ2) is 7.30. The molecule has 0 bridgehead atoms. The second-order valence-electron chi connectivity index (χ2n) is 6.69. The molecular weight excluding hydrogens is 376 g/mol. The predicted molar refractivity (Wildman–Crippen MR) is 111 cm³/mol. The number of para-hydroxylation sites is 1. The third kappa shape index (κ3) is 3.69. The largest absolute Gasteiger partial charge is 0.281 e. The monoisotopic (exact) mass is 396 g/mol. The molecule has 2 aromatic heterocycles. The van der Waals surface area contributed by atoms with Crippen LogP contribution in [0.4, 0.5) is 0 Å². The Kier molecular flexibility index (Phi) is 4.86. The molecule has 0 radical (unpaired) electrons. The summed E-state index contributed by atoms with van der Waals surface area (Å²) >= 11 is 7.31. The zero-order chi connectivity index (χ0) is 19.0. The maximum absolute atomic E-state index is 5.60. The summed E-state index contributed by atoms with van der Waals surface area (Å²) < 4.78 is 5.24. The van der Waals surface area contributed by atoms with Crippen LogP contribution in [0, 0.1) is 18.6 Å². The van der Waals surface area contributed by atoms with Gasteiger partial charge in [-0.25, -0.2) is 9.67 Å². The van der Waals surface area contributed by atoms with E-state index in [1.54, 1.807) is 20.7 Å². The number of aryl methyl sites for hydroxylation is 2. The van der Waals surface area contributed by atoms with Crippen LogP contribution in [0.25, 0.3) is 15.9 Å². The smallest absolute Gasteiger partial charge is 0.221 e. The number of hydrogen-bond donors (Lipinski definition) is 0. The number of tetrazole rings is 1. The van der Waals surface area contributed by atoms with Gasteiger partial charge in [-0.3, -0.25) is 4.90 Å². The maximum Gasteiger partial charge on any atom is 0.221 e. The molecule has 0 saturated carbocycles. The second-order valence-corrected chi connectivity index (χ2v) is 8.17. The van der Waals surface area contributed by atoms with E-state index in [1.165, 1.54) is 10.3 Å². The average Bonchev–Trinajstić information content (AvgIpc) is 3.19. The van der Waals surface area contributed by atoms with Gasteiger partial charge in [0.1, 0.15) is 5.01 Å². The van der Waals surface area contributed by atoms with Crippen molar-refractivity contribution in [2.24, 2.45) is 0 Å². The molecule has 0 saturated heterocycles. The summed E-state index contributed by atoms with van der Waals surface area (Å²) in [5, 5.41) is 9.58. The minimum absolute atomic E-state index is 0.555. The Hall–Kier alpha value is -2.42. The molecule has 4 aromatic rings. The summed E-state index contributed by atoms with van der Waals surface area (Å²) in [7, 11) is 2.03. The highest BCUT2D eigenvalue weighted by Crippen LogP contribution is 2.22. The Morgan fingerprint density at radius 3 is 2.70 bits per heavy atom. The molecule has 27 heavy (non-hydrogen) atoms. The Balaban J connectivity index is 1.52. The first-order chi connectivity index (χ1) is 13.0. The Morgan fingerprint density at radius 2 is 1.93 bits per heavy atom. The standard InChI is InChI=1S/C19H20N6S2/c1-13-8-9-16(14(2)10-13)25-19(26)24(21-22-25)12-23(3)11-18-20-15-6-4-5-7-17(15)27-18/h4-10H,11-12H2,1-3H3. The van der Waals surface area contributed by atoms with Crippen LogP contribution >= 0.6 is 23.6 Å². The molecule has 0 unspecified atom stereocenters. The molecule has 0 aliphatic carbocycles. The van der Waals surface area contributed by atoms with E-state index in [4.69, 9.17) is 12.2 Å². The van der Waals surface area contributed by atoms with Gasteiger partial charge in [0.15, 0.2) is 0 Å². The summed E-state index contributed by atoms with van der Waals surface area (Å²) in [5.41, 5.74) is 4.35. The summed E-state index contributed by atoms with van der Waals surface area (Å²) in [4.78, 5) is 6.82. The minimum Gasteiger partial charge on any atom is -0.281 e. The van der Waals surface area contributed by atoms with Gasteiger partial charge in [-0.2, -0.15) is 4.68 Å². The maximum atomic E-state index is 5.60. The molecule has 0 spiro atoms. The van der Waals surface area contributed by atoms with E-state index >= 15 is 0 Å². The number of hydrogen-bond acceptors (Lipinski definition) is 6. The molecule has 0 amide bonds. The van der Waals surface area contributed by atoms with Crippen LogP contribution in [0.15, 0.2) is 42.5 Å². The van der Waals surface area contributed by atoms with E-state index in [0.717, 1.165) is 28.3 Å². The number of rotatable bonds is 5. The number of nitrogens with zero attached hydrogens (tertiary/aromatic N) is 6. The number of thiazole rings is 1. The lowest BCUT2D eigenvalue weighted by Crippen LogP contribution is -2.22. The third-order valence-corrected chi connectivity index (χ3v) is 5.74. The van der Waals surface area contributed by atoms with Crippen LogP contribution in [0.3, 0.4) is 0 Å². The minimum atomic E-state index is 0.555. The fourth-order valence-electron chi connectivity index (χ4n) is 3.05. The molecule has 0 atom stereocenters. The van der Waals surface area contributed by atoms with Crippen molar-refractivity contribution in [2.75, 3.05) is 7.05 Å². The van der Waals surface area contributed by atoms with E-state index in [2.05, 4.69) is 52.4 Å². The average molecular weight is 397 g/mol. The Bertz CT molecular complexity index is 1120. The lowest BCUT2D eigenvalue weighted by Gasteiger charge is -2.14. The van der Waals surface area contributed by atoms with Gasteiger partial charge in [0.25, 0.3) is 0 Å². The summed E-state index contributed by atoms with van der Waals surface area (Å²) in [6.07, 6.45) is 0. The van der Waals surface area contributed by atoms with E-state index < -0.39 is 0 Å². The number of benzene rings is 2. The summed E-state index contributed by atoms with van der Waals surface area (Å²) in [6.45, 7) is 5.42. The van der Waals surface area contributed by atoms with Crippen LogP contribution in [0.5, 0.6) is 0 Å². The lowest BCUT2D eigenvalue weighted by molar-refractivity contribution is 0.242. The van der Waals surface area contributed by atoms with Crippen molar-refractivity contribution < 1.29 is 0 Å². The molecule has 4 rings (SSSR count). The van der Waals surface area contributed by atoms with Crippen LogP contribution in [-0.2, 0) is 13.2 Å². The van der Waals surface area contributed by atoms with E-state index in [1.807, 2.05) is 31.3 Å². The van der Waals surface area contributed by atoms with Crippen molar-refractivity contribution in [1.82, 2.24) is 29.7 Å². The van der Waals surface area contributed by atoms with Gasteiger partial charge < -0.3 is 0 Å². The fraction of sp³-hybridized carbons (Fsp3) is 0.263. The van der Waals surface area contributed by atoms with Gasteiger partial charge in [0.05, 0.1) is 29.1 Å². The SMILES string of the molecule is Cc1ccc(-n2nnn(CN(C)Cc3nc4ccccc4s3)c2=S)c(C)c1. The van der Waals surface area contributed by atoms with Crippen LogP contribution in [-0.4, -0.2) is 36.7 Å². The van der Waals surface area contributed by atoms with Gasteiger partial charge in [0, 0.05) is 0 Å². The van der Waals surface area contributed by atoms with Crippen molar-refractivity contribution in [2.45, 2.75) is 27.1 Å². The van der Waals surface area contributed by atoms with E-state index in [0.29, 0.717) is 11.4 Å². The van der Waals surface area contributed by atoms with Crippen LogP contribution in [0.1, 0.15) is 16.1 Å². The Morgan fingerprint density at radius 1 is 1.11 bits per heavy atom. The first kappa shape index (κ1) is 18.0. The summed E-state index contributed by atoms with van der Waals surface area (Å²) in [5.74, 6) is 0. The van der Waals surface area contributed by atoms with E-state index in [-0.39, 0.29) is 0 Å². The van der Waals surface area contributed by atoms with Gasteiger partial charge >= 0.3 is 0 Å². The number of fused-ring (bicyclic) bond motifs is 1.